The zero-order valence-corrected chi connectivity index (χ0v) is 24.8. The number of anilines is 1. The third-order valence-electron chi connectivity index (χ3n) is 8.14. The fourth-order valence-corrected chi connectivity index (χ4v) is 5.51. The van der Waals surface area contributed by atoms with Crippen LogP contribution in [0.4, 0.5) is 10.1 Å². The highest BCUT2D eigenvalue weighted by Gasteiger charge is 2.35. The first-order valence-corrected chi connectivity index (χ1v) is 15.0. The van der Waals surface area contributed by atoms with Gasteiger partial charge in [0.1, 0.15) is 11.6 Å². The lowest BCUT2D eigenvalue weighted by Crippen LogP contribution is -2.30. The smallest absolute Gasteiger partial charge is 0.251 e. The summed E-state index contributed by atoms with van der Waals surface area (Å²) in [5, 5.41) is 11.9. The summed E-state index contributed by atoms with van der Waals surface area (Å²) in [5.74, 6) is 1.57. The van der Waals surface area contributed by atoms with E-state index in [0.29, 0.717) is 39.8 Å². The fraction of sp³-hybridized carbons (Fsp3) is 0.429. The van der Waals surface area contributed by atoms with Crippen LogP contribution in [0.2, 0.25) is 0 Å². The number of carbonyl (C=O) groups excluding carboxylic acids is 1. The van der Waals surface area contributed by atoms with Crippen molar-refractivity contribution in [3.05, 3.63) is 94.8 Å². The van der Waals surface area contributed by atoms with Gasteiger partial charge in [-0.25, -0.2) is 4.39 Å². The van der Waals surface area contributed by atoms with Crippen LogP contribution in [-0.4, -0.2) is 17.7 Å². The van der Waals surface area contributed by atoms with Gasteiger partial charge >= 0.3 is 0 Å². The largest absolute Gasteiger partial charge is 0.490 e. The van der Waals surface area contributed by atoms with E-state index in [9.17, 15) is 9.18 Å². The number of benzene rings is 3. The second-order valence-electron chi connectivity index (χ2n) is 11.8. The molecule has 5 nitrogen and oxygen atoms in total. The average Bonchev–Trinajstić information content (AvgIpc) is 3.80. The van der Waals surface area contributed by atoms with Crippen LogP contribution in [0.25, 0.3) is 0 Å². The van der Waals surface area contributed by atoms with Crippen LogP contribution in [0.5, 0.6) is 5.75 Å². The van der Waals surface area contributed by atoms with E-state index in [1.165, 1.54) is 6.07 Å². The average molecular weight is 558 g/mol. The quantitative estimate of drug-likeness (QED) is 0.138. The molecule has 0 radical (unpaired) electrons. The van der Waals surface area contributed by atoms with Gasteiger partial charge < -0.3 is 15.8 Å². The standard InChI is InChI=1S/C35H44FN3O2/c1-5-23(6-2)20-28(19-22(3)4)41-27-16-13-24(14-17-27)33(38)30-21-26(15-18-32(30)37)35(40)39-34(25-11-12-25)29-9-7-8-10-31(29)36/h7-10,13-18,21-23,25,28,34,38H,5-6,11-12,19-20,37H2,1-4H3,(H,39,40). The van der Waals surface area contributed by atoms with Gasteiger partial charge in [-0.2, -0.15) is 0 Å². The van der Waals surface area contributed by atoms with Gasteiger partial charge in [0.15, 0.2) is 0 Å². The summed E-state index contributed by atoms with van der Waals surface area (Å²) in [6, 6.07) is 18.7. The number of nitrogens with two attached hydrogens (primary N) is 1. The minimum atomic E-state index is -0.388. The number of amides is 1. The maximum Gasteiger partial charge on any atom is 0.251 e. The number of nitrogens with one attached hydrogen (secondary N) is 2. The van der Waals surface area contributed by atoms with Crippen molar-refractivity contribution in [3.63, 3.8) is 0 Å². The zero-order valence-electron chi connectivity index (χ0n) is 24.8. The molecular formula is C35H44FN3O2. The molecule has 1 amide bonds. The number of nitrogen functional groups attached to an aromatic ring is 1. The normalized spacial score (nSPS) is 14.6. The van der Waals surface area contributed by atoms with E-state index in [1.54, 1.807) is 36.4 Å². The van der Waals surface area contributed by atoms with Gasteiger partial charge in [0.05, 0.1) is 17.9 Å². The first-order chi connectivity index (χ1) is 19.7. The Hall–Kier alpha value is -3.67. The summed E-state index contributed by atoms with van der Waals surface area (Å²) in [5.41, 5.74) is 8.97. The third-order valence-corrected chi connectivity index (χ3v) is 8.14. The number of rotatable bonds is 14. The molecule has 3 aromatic rings. The number of halogens is 1. The molecule has 4 N–H and O–H groups in total. The van der Waals surface area contributed by atoms with Crippen molar-refractivity contribution in [1.82, 2.24) is 5.32 Å². The van der Waals surface area contributed by atoms with Crippen LogP contribution in [0, 0.1) is 29.0 Å². The molecular weight excluding hydrogens is 513 g/mol. The topological polar surface area (TPSA) is 88.2 Å². The summed E-state index contributed by atoms with van der Waals surface area (Å²) in [6.45, 7) is 8.91. The fourth-order valence-electron chi connectivity index (χ4n) is 5.51. The number of hydrogen-bond acceptors (Lipinski definition) is 4. The van der Waals surface area contributed by atoms with Crippen molar-refractivity contribution in [2.24, 2.45) is 17.8 Å². The Labute approximate surface area is 244 Å². The second-order valence-corrected chi connectivity index (χ2v) is 11.8. The molecule has 1 aliphatic rings. The molecule has 0 saturated heterocycles. The van der Waals surface area contributed by atoms with Crippen LogP contribution in [0.15, 0.2) is 66.7 Å². The van der Waals surface area contributed by atoms with Gasteiger partial charge in [-0.3, -0.25) is 10.2 Å². The molecule has 0 aliphatic heterocycles. The predicted octanol–water partition coefficient (Wildman–Crippen LogP) is 8.32. The van der Waals surface area contributed by atoms with E-state index in [2.05, 4.69) is 33.0 Å². The SMILES string of the molecule is CCC(CC)CC(CC(C)C)Oc1ccc(C(=N)c2cc(C(=O)NC(c3ccccc3F)C3CC3)ccc2N)cc1. The molecule has 41 heavy (non-hydrogen) atoms. The van der Waals surface area contributed by atoms with E-state index in [1.807, 2.05) is 24.3 Å². The van der Waals surface area contributed by atoms with Crippen LogP contribution >= 0.6 is 0 Å². The van der Waals surface area contributed by atoms with Gasteiger partial charge in [-0.05, 0) is 92.0 Å². The summed E-state index contributed by atoms with van der Waals surface area (Å²) >= 11 is 0. The van der Waals surface area contributed by atoms with E-state index >= 15 is 0 Å². The Balaban J connectivity index is 1.48. The highest BCUT2D eigenvalue weighted by Crippen LogP contribution is 2.42. The Morgan fingerprint density at radius 2 is 1.66 bits per heavy atom. The van der Waals surface area contributed by atoms with Crippen molar-refractivity contribution in [2.75, 3.05) is 5.73 Å². The minimum Gasteiger partial charge on any atom is -0.490 e. The molecule has 3 aromatic carbocycles. The predicted molar refractivity (Wildman–Crippen MR) is 165 cm³/mol. The van der Waals surface area contributed by atoms with Crippen molar-refractivity contribution in [1.29, 1.82) is 5.41 Å². The summed E-state index contributed by atoms with van der Waals surface area (Å²) in [4.78, 5) is 13.3. The zero-order chi connectivity index (χ0) is 29.5. The Bertz CT molecular complexity index is 1330. The molecule has 0 bridgehead atoms. The maximum atomic E-state index is 14.5. The molecule has 1 fully saturated rings. The molecule has 0 aromatic heterocycles. The van der Waals surface area contributed by atoms with Crippen molar-refractivity contribution < 1.29 is 13.9 Å². The highest BCUT2D eigenvalue weighted by molar-refractivity contribution is 6.14. The summed E-state index contributed by atoms with van der Waals surface area (Å²) in [7, 11) is 0. The first kappa shape index (κ1) is 30.3. The molecule has 0 heterocycles. The van der Waals surface area contributed by atoms with Crippen molar-refractivity contribution >= 4 is 17.3 Å². The Morgan fingerprint density at radius 1 is 1.00 bits per heavy atom. The first-order valence-electron chi connectivity index (χ1n) is 15.0. The van der Waals surface area contributed by atoms with Crippen molar-refractivity contribution in [3.8, 4) is 5.75 Å². The van der Waals surface area contributed by atoms with Gasteiger partial charge in [-0.1, -0.05) is 58.7 Å². The monoisotopic (exact) mass is 557 g/mol. The number of ether oxygens (including phenoxy) is 1. The number of carbonyl (C=O) groups is 1. The minimum absolute atomic E-state index is 0.153. The number of hydrogen-bond donors (Lipinski definition) is 3. The van der Waals surface area contributed by atoms with E-state index < -0.39 is 0 Å². The van der Waals surface area contributed by atoms with Gasteiger partial charge in [0, 0.05) is 27.9 Å². The van der Waals surface area contributed by atoms with Crippen LogP contribution in [-0.2, 0) is 0 Å². The lowest BCUT2D eigenvalue weighted by molar-refractivity contribution is 0.0931. The Morgan fingerprint density at radius 3 is 2.27 bits per heavy atom. The molecule has 6 heteroatoms. The second kappa shape index (κ2) is 13.8. The Kier molecular flexibility index (Phi) is 10.2. The van der Waals surface area contributed by atoms with E-state index in [-0.39, 0.29) is 35.5 Å². The van der Waals surface area contributed by atoms with E-state index in [0.717, 1.165) is 44.3 Å². The summed E-state index contributed by atoms with van der Waals surface area (Å²) < 4.78 is 20.9. The molecule has 4 rings (SSSR count). The molecule has 0 spiro atoms. The van der Waals surface area contributed by atoms with E-state index in [4.69, 9.17) is 15.9 Å². The van der Waals surface area contributed by atoms with Crippen LogP contribution in [0.1, 0.15) is 99.3 Å². The summed E-state index contributed by atoms with van der Waals surface area (Å²) in [6.07, 6.45) is 6.38. The van der Waals surface area contributed by atoms with Crippen LogP contribution < -0.4 is 15.8 Å². The molecule has 2 unspecified atom stereocenters. The van der Waals surface area contributed by atoms with Gasteiger partial charge in [0.25, 0.3) is 5.91 Å². The van der Waals surface area contributed by atoms with Crippen LogP contribution in [0.3, 0.4) is 0 Å². The highest BCUT2D eigenvalue weighted by atomic mass is 19.1. The molecule has 2 atom stereocenters. The van der Waals surface area contributed by atoms with Gasteiger partial charge in [-0.15, -0.1) is 0 Å². The third kappa shape index (κ3) is 7.96. The lowest BCUT2D eigenvalue weighted by atomic mass is 9.92. The molecule has 1 aliphatic carbocycles. The van der Waals surface area contributed by atoms with Gasteiger partial charge in [0.2, 0.25) is 0 Å². The lowest BCUT2D eigenvalue weighted by Gasteiger charge is -2.25. The molecule has 218 valence electrons. The molecule has 1 saturated carbocycles. The van der Waals surface area contributed by atoms with Crippen molar-refractivity contribution in [2.45, 2.75) is 78.4 Å². The maximum absolute atomic E-state index is 14.5.